The van der Waals surface area contributed by atoms with Gasteiger partial charge in [-0.05, 0) is 18.2 Å². The molecule has 0 aliphatic carbocycles. The number of nitrogens with zero attached hydrogens (tertiary/aromatic N) is 2. The summed E-state index contributed by atoms with van der Waals surface area (Å²) in [4.78, 5) is 19.0. The van der Waals surface area contributed by atoms with E-state index in [1.807, 2.05) is 0 Å². The van der Waals surface area contributed by atoms with E-state index in [2.05, 4.69) is 15.3 Å². The third-order valence-corrected chi connectivity index (χ3v) is 2.55. The molecule has 2 aromatic rings. The monoisotopic (exact) mass is 319 g/mol. The molecule has 0 aliphatic rings. The topological polar surface area (TPSA) is 54.9 Å². The zero-order chi connectivity index (χ0) is 15.6. The highest BCUT2D eigenvalue weighted by atomic mass is 35.5. The van der Waals surface area contributed by atoms with Crippen molar-refractivity contribution in [2.24, 2.45) is 0 Å². The highest BCUT2D eigenvalue weighted by Gasteiger charge is 2.34. The highest BCUT2D eigenvalue weighted by Crippen LogP contribution is 2.33. The molecule has 1 heterocycles. The molecule has 1 amide bonds. The number of hydrogen-bond donors (Lipinski definition) is 1. The predicted molar refractivity (Wildman–Crippen MR) is 66.4 cm³/mol. The fourth-order valence-corrected chi connectivity index (χ4v) is 1.61. The van der Waals surface area contributed by atoms with Crippen molar-refractivity contribution in [2.75, 3.05) is 5.32 Å². The van der Waals surface area contributed by atoms with Gasteiger partial charge in [-0.25, -0.2) is 9.37 Å². The third-order valence-electron chi connectivity index (χ3n) is 2.37. The smallest absolute Gasteiger partial charge is 0.321 e. The van der Waals surface area contributed by atoms with Crippen LogP contribution in [-0.4, -0.2) is 15.9 Å². The van der Waals surface area contributed by atoms with Crippen molar-refractivity contribution in [3.63, 3.8) is 0 Å². The molecule has 4 nitrogen and oxygen atoms in total. The van der Waals surface area contributed by atoms with Crippen LogP contribution in [0.1, 0.15) is 16.1 Å². The lowest BCUT2D eigenvalue weighted by Crippen LogP contribution is -2.15. The normalized spacial score (nSPS) is 11.3. The van der Waals surface area contributed by atoms with Gasteiger partial charge in [0.05, 0.1) is 18.0 Å². The van der Waals surface area contributed by atoms with Gasteiger partial charge in [0.1, 0.15) is 16.7 Å². The number of hydrogen-bond acceptors (Lipinski definition) is 3. The van der Waals surface area contributed by atoms with Crippen LogP contribution in [-0.2, 0) is 6.18 Å². The SMILES string of the molecule is O=C(Nc1ccc(F)c(C(F)(F)F)c1)c1cncc(Cl)n1. The van der Waals surface area contributed by atoms with Crippen LogP contribution < -0.4 is 5.32 Å². The number of amides is 1. The maximum atomic E-state index is 13.1. The molecule has 0 atom stereocenters. The molecular formula is C12H6ClF4N3O. The van der Waals surface area contributed by atoms with Crippen molar-refractivity contribution < 1.29 is 22.4 Å². The van der Waals surface area contributed by atoms with Crippen LogP contribution in [0.4, 0.5) is 23.2 Å². The minimum absolute atomic E-state index is 0.0438. The van der Waals surface area contributed by atoms with E-state index in [9.17, 15) is 22.4 Å². The lowest BCUT2D eigenvalue weighted by molar-refractivity contribution is -0.139. The average molecular weight is 320 g/mol. The van der Waals surface area contributed by atoms with Gasteiger partial charge in [-0.15, -0.1) is 0 Å². The second-order valence-corrected chi connectivity index (χ2v) is 4.26. The van der Waals surface area contributed by atoms with Crippen LogP contribution in [0.5, 0.6) is 0 Å². The molecule has 9 heteroatoms. The van der Waals surface area contributed by atoms with E-state index in [1.54, 1.807) is 0 Å². The maximum Gasteiger partial charge on any atom is 0.419 e. The molecule has 0 aliphatic heterocycles. The molecule has 110 valence electrons. The van der Waals surface area contributed by atoms with Crippen LogP contribution in [0.2, 0.25) is 5.15 Å². The Bertz CT molecular complexity index is 690. The van der Waals surface area contributed by atoms with Crippen LogP contribution in [0.25, 0.3) is 0 Å². The standard InChI is InChI=1S/C12H6ClF4N3O/c13-10-5-18-4-9(20-10)11(21)19-6-1-2-8(14)7(3-6)12(15,16)17/h1-5H,(H,19,21). The van der Waals surface area contributed by atoms with Crippen molar-refractivity contribution in [3.05, 3.63) is 52.8 Å². The molecule has 21 heavy (non-hydrogen) atoms. The fourth-order valence-electron chi connectivity index (χ4n) is 1.47. The zero-order valence-corrected chi connectivity index (χ0v) is 10.8. The van der Waals surface area contributed by atoms with Crippen molar-refractivity contribution in [1.82, 2.24) is 9.97 Å². The summed E-state index contributed by atoms with van der Waals surface area (Å²) in [7, 11) is 0. The van der Waals surface area contributed by atoms with Crippen molar-refractivity contribution in [1.29, 1.82) is 0 Å². The second-order valence-electron chi connectivity index (χ2n) is 3.87. The quantitative estimate of drug-likeness (QED) is 0.861. The van der Waals surface area contributed by atoms with Crippen LogP contribution in [0.3, 0.4) is 0 Å². The Labute approximate surface area is 120 Å². The minimum Gasteiger partial charge on any atom is -0.321 e. The van der Waals surface area contributed by atoms with Crippen LogP contribution >= 0.6 is 11.6 Å². The summed E-state index contributed by atoms with van der Waals surface area (Å²) in [6.45, 7) is 0. The van der Waals surface area contributed by atoms with E-state index in [4.69, 9.17) is 11.6 Å². The Morgan fingerprint density at radius 1 is 1.24 bits per heavy atom. The number of benzene rings is 1. The van der Waals surface area contributed by atoms with Crippen molar-refractivity contribution in [3.8, 4) is 0 Å². The molecule has 0 bridgehead atoms. The van der Waals surface area contributed by atoms with Gasteiger partial charge in [0.15, 0.2) is 0 Å². The van der Waals surface area contributed by atoms with Gasteiger partial charge in [-0.3, -0.25) is 9.78 Å². The van der Waals surface area contributed by atoms with Gasteiger partial charge in [0.2, 0.25) is 0 Å². The summed E-state index contributed by atoms with van der Waals surface area (Å²) in [6.07, 6.45) is -2.58. The second kappa shape index (κ2) is 5.65. The summed E-state index contributed by atoms with van der Waals surface area (Å²) >= 11 is 5.55. The predicted octanol–water partition coefficient (Wildman–Crippen LogP) is 3.54. The molecule has 1 aromatic carbocycles. The average Bonchev–Trinajstić information content (AvgIpc) is 2.39. The first-order valence-electron chi connectivity index (χ1n) is 5.43. The summed E-state index contributed by atoms with van der Waals surface area (Å²) in [5.41, 5.74) is -1.88. The molecule has 1 N–H and O–H groups in total. The van der Waals surface area contributed by atoms with Crippen molar-refractivity contribution in [2.45, 2.75) is 6.18 Å². The third kappa shape index (κ3) is 3.66. The molecule has 1 aromatic heterocycles. The van der Waals surface area contributed by atoms with E-state index in [-0.39, 0.29) is 16.5 Å². The Morgan fingerprint density at radius 2 is 1.95 bits per heavy atom. The molecule has 0 saturated heterocycles. The van der Waals surface area contributed by atoms with E-state index < -0.39 is 23.5 Å². The first-order chi connectivity index (χ1) is 9.77. The zero-order valence-electron chi connectivity index (χ0n) is 10.1. The summed E-state index contributed by atoms with van der Waals surface area (Å²) < 4.78 is 50.8. The van der Waals surface area contributed by atoms with Gasteiger partial charge >= 0.3 is 6.18 Å². The Balaban J connectivity index is 2.26. The van der Waals surface area contributed by atoms with Gasteiger partial charge < -0.3 is 5.32 Å². The first kappa shape index (κ1) is 15.2. The van der Waals surface area contributed by atoms with Gasteiger partial charge in [-0.1, -0.05) is 11.6 Å². The molecular weight excluding hydrogens is 314 g/mol. The number of carbonyl (C=O) groups is 1. The fraction of sp³-hybridized carbons (Fsp3) is 0.0833. The molecule has 0 unspecified atom stereocenters. The van der Waals surface area contributed by atoms with E-state index in [0.29, 0.717) is 12.1 Å². The largest absolute Gasteiger partial charge is 0.419 e. The van der Waals surface area contributed by atoms with E-state index in [1.165, 1.54) is 6.20 Å². The summed E-state index contributed by atoms with van der Waals surface area (Å²) in [5.74, 6) is -2.24. The molecule has 0 saturated carbocycles. The maximum absolute atomic E-state index is 13.1. The van der Waals surface area contributed by atoms with Crippen LogP contribution in [0, 0.1) is 5.82 Å². The number of aromatic nitrogens is 2. The number of anilines is 1. The van der Waals surface area contributed by atoms with E-state index >= 15 is 0 Å². The number of carbonyl (C=O) groups excluding carboxylic acids is 1. The number of rotatable bonds is 2. The highest BCUT2D eigenvalue weighted by molar-refractivity contribution is 6.29. The number of alkyl halides is 3. The summed E-state index contributed by atoms with van der Waals surface area (Å²) in [5, 5.41) is 2.11. The number of halogens is 5. The van der Waals surface area contributed by atoms with Crippen molar-refractivity contribution >= 4 is 23.2 Å². The summed E-state index contributed by atoms with van der Waals surface area (Å²) in [6, 6.07) is 2.10. The van der Waals surface area contributed by atoms with Gasteiger partial charge in [-0.2, -0.15) is 13.2 Å². The Kier molecular flexibility index (Phi) is 4.08. The lowest BCUT2D eigenvalue weighted by atomic mass is 10.1. The van der Waals surface area contributed by atoms with Gasteiger partial charge in [0, 0.05) is 5.69 Å². The molecule has 0 spiro atoms. The first-order valence-corrected chi connectivity index (χ1v) is 5.81. The molecule has 0 radical (unpaired) electrons. The minimum atomic E-state index is -4.86. The Morgan fingerprint density at radius 3 is 2.57 bits per heavy atom. The van der Waals surface area contributed by atoms with Gasteiger partial charge in [0.25, 0.3) is 5.91 Å². The molecule has 0 fully saturated rings. The van der Waals surface area contributed by atoms with E-state index in [0.717, 1.165) is 12.3 Å². The Hall–Kier alpha value is -2.22. The number of nitrogens with one attached hydrogen (secondary N) is 1. The van der Waals surface area contributed by atoms with Crippen LogP contribution in [0.15, 0.2) is 30.6 Å². The molecule has 2 rings (SSSR count). The lowest BCUT2D eigenvalue weighted by Gasteiger charge is -2.10.